The molecule has 0 aliphatic carbocycles. The molecule has 0 fully saturated rings. The topological polar surface area (TPSA) is 59.3 Å². The first-order valence-corrected chi connectivity index (χ1v) is 8.82. The first kappa shape index (κ1) is 20.0. The van der Waals surface area contributed by atoms with E-state index >= 15 is 0 Å². The molecule has 2 aromatic heterocycles. The second kappa shape index (κ2) is 9.43. The number of aromatic nitrogens is 1. The molecule has 3 aromatic rings. The Morgan fingerprint density at radius 2 is 1.88 bits per heavy atom. The summed E-state index contributed by atoms with van der Waals surface area (Å²) in [6.07, 6.45) is 3.62. The summed E-state index contributed by atoms with van der Waals surface area (Å²) in [6.45, 7) is 4.30. The number of halogens is 1. The fourth-order valence-corrected chi connectivity index (χ4v) is 3.58. The summed E-state index contributed by atoms with van der Waals surface area (Å²) in [5.41, 5.74) is 3.63. The Kier molecular flexibility index (Phi) is 7.26. The molecule has 0 unspecified atom stereocenters. The molecule has 0 N–H and O–H groups in total. The van der Waals surface area contributed by atoms with E-state index in [-0.39, 0.29) is 22.3 Å². The van der Waals surface area contributed by atoms with Crippen molar-refractivity contribution in [3.8, 4) is 0 Å². The molecule has 0 saturated carbocycles. The van der Waals surface area contributed by atoms with E-state index in [9.17, 15) is 10.1 Å². The predicted octanol–water partition coefficient (Wildman–Crippen LogP) is 4.98. The second-order valence-electron chi connectivity index (χ2n) is 5.93. The van der Waals surface area contributed by atoms with Crippen molar-refractivity contribution >= 4 is 28.7 Å². The Labute approximate surface area is 162 Å². The lowest BCUT2D eigenvalue weighted by atomic mass is 10.1. The minimum absolute atomic E-state index is 0. The van der Waals surface area contributed by atoms with E-state index in [1.54, 1.807) is 12.3 Å². The fourth-order valence-electron chi connectivity index (χ4n) is 2.72. The van der Waals surface area contributed by atoms with Crippen LogP contribution >= 0.6 is 23.7 Å². The lowest BCUT2D eigenvalue weighted by molar-refractivity contribution is -0.380. The van der Waals surface area contributed by atoms with Crippen molar-refractivity contribution in [2.24, 2.45) is 0 Å². The lowest BCUT2D eigenvalue weighted by Gasteiger charge is -2.22. The molecule has 0 spiro atoms. The highest BCUT2D eigenvalue weighted by atomic mass is 35.5. The summed E-state index contributed by atoms with van der Waals surface area (Å²) in [7, 11) is 0. The third-order valence-electron chi connectivity index (χ3n) is 3.99. The maximum absolute atomic E-state index is 10.9. The average Bonchev–Trinajstić information content (AvgIpc) is 3.07. The van der Waals surface area contributed by atoms with Crippen LogP contribution in [0.4, 0.5) is 5.00 Å². The molecule has 0 atom stereocenters. The van der Waals surface area contributed by atoms with Crippen LogP contribution < -0.4 is 0 Å². The third kappa shape index (κ3) is 5.36. The number of aryl methyl sites for hydroxylation is 1. The Morgan fingerprint density at radius 3 is 2.54 bits per heavy atom. The SMILES string of the molecule is Cc1ccccc1CN(Cc1cccnc1)Cc1ccc([N+](=O)[O-])s1.Cl. The number of hydrogen-bond acceptors (Lipinski definition) is 5. The maximum Gasteiger partial charge on any atom is 0.324 e. The fraction of sp³-hybridized carbons (Fsp3) is 0.211. The van der Waals surface area contributed by atoms with Gasteiger partial charge in [0.25, 0.3) is 0 Å². The van der Waals surface area contributed by atoms with Crippen LogP contribution in [-0.2, 0) is 19.6 Å². The molecule has 136 valence electrons. The van der Waals surface area contributed by atoms with Gasteiger partial charge >= 0.3 is 5.00 Å². The Balaban J connectivity index is 0.00000243. The number of pyridine rings is 1. The van der Waals surface area contributed by atoms with Crippen molar-refractivity contribution in [3.05, 3.63) is 92.6 Å². The Hall–Kier alpha value is -2.28. The van der Waals surface area contributed by atoms with Gasteiger partial charge < -0.3 is 0 Å². The predicted molar refractivity (Wildman–Crippen MR) is 107 cm³/mol. The molecule has 0 aliphatic rings. The molecule has 5 nitrogen and oxygen atoms in total. The minimum Gasteiger partial charge on any atom is -0.290 e. The normalized spacial score (nSPS) is 10.5. The summed E-state index contributed by atoms with van der Waals surface area (Å²) in [5, 5.41) is 11.1. The lowest BCUT2D eigenvalue weighted by Crippen LogP contribution is -2.22. The zero-order valence-electron chi connectivity index (χ0n) is 14.4. The second-order valence-corrected chi connectivity index (χ2v) is 7.08. The minimum atomic E-state index is -0.332. The zero-order chi connectivity index (χ0) is 17.6. The molecular weight excluding hydrogens is 370 g/mol. The summed E-state index contributed by atoms with van der Waals surface area (Å²) in [4.78, 5) is 18.0. The molecule has 2 heterocycles. The van der Waals surface area contributed by atoms with Gasteiger partial charge in [-0.1, -0.05) is 41.7 Å². The van der Waals surface area contributed by atoms with Crippen LogP contribution in [0.2, 0.25) is 0 Å². The van der Waals surface area contributed by atoms with Gasteiger partial charge in [0.2, 0.25) is 0 Å². The summed E-state index contributed by atoms with van der Waals surface area (Å²) < 4.78 is 0. The highest BCUT2D eigenvalue weighted by Gasteiger charge is 2.14. The average molecular weight is 390 g/mol. The van der Waals surface area contributed by atoms with Crippen molar-refractivity contribution < 1.29 is 4.92 Å². The quantitative estimate of drug-likeness (QED) is 0.422. The first-order valence-electron chi connectivity index (χ1n) is 8.00. The standard InChI is InChI=1S/C19H19N3O2S.ClH/c1-15-5-2-3-7-17(15)13-21(12-16-6-4-10-20-11-16)14-18-8-9-19(25-18)22(23)24;/h2-11H,12-14H2,1H3;1H. The number of nitro groups is 1. The van der Waals surface area contributed by atoms with Crippen LogP contribution in [0.3, 0.4) is 0 Å². The molecule has 0 bridgehead atoms. The van der Waals surface area contributed by atoms with E-state index in [4.69, 9.17) is 0 Å². The van der Waals surface area contributed by atoms with Gasteiger partial charge in [0, 0.05) is 43.0 Å². The van der Waals surface area contributed by atoms with Crippen LogP contribution in [0, 0.1) is 17.0 Å². The number of rotatable bonds is 7. The number of benzene rings is 1. The molecular formula is C19H20ClN3O2S. The summed E-state index contributed by atoms with van der Waals surface area (Å²) in [6, 6.07) is 15.7. The van der Waals surface area contributed by atoms with Gasteiger partial charge in [0.15, 0.2) is 0 Å². The van der Waals surface area contributed by atoms with Crippen molar-refractivity contribution in [2.75, 3.05) is 0 Å². The van der Waals surface area contributed by atoms with Gasteiger partial charge in [-0.2, -0.15) is 0 Å². The van der Waals surface area contributed by atoms with Crippen LogP contribution in [-0.4, -0.2) is 14.8 Å². The molecule has 0 radical (unpaired) electrons. The molecule has 7 heteroatoms. The number of hydrogen-bond donors (Lipinski definition) is 0. The zero-order valence-corrected chi connectivity index (χ0v) is 16.0. The van der Waals surface area contributed by atoms with Crippen molar-refractivity contribution in [1.29, 1.82) is 0 Å². The third-order valence-corrected chi connectivity index (χ3v) is 5.01. The van der Waals surface area contributed by atoms with Crippen LogP contribution in [0.1, 0.15) is 21.6 Å². The van der Waals surface area contributed by atoms with Gasteiger partial charge in [-0.3, -0.25) is 20.0 Å². The number of nitrogens with zero attached hydrogens (tertiary/aromatic N) is 3. The molecule has 0 saturated heterocycles. The van der Waals surface area contributed by atoms with Crippen molar-refractivity contribution in [2.45, 2.75) is 26.6 Å². The van der Waals surface area contributed by atoms with Crippen LogP contribution in [0.25, 0.3) is 0 Å². The van der Waals surface area contributed by atoms with E-state index in [0.29, 0.717) is 6.54 Å². The van der Waals surface area contributed by atoms with E-state index in [0.717, 1.165) is 23.5 Å². The van der Waals surface area contributed by atoms with E-state index in [1.165, 1.54) is 22.5 Å². The molecule has 1 aromatic carbocycles. The van der Waals surface area contributed by atoms with E-state index in [2.05, 4.69) is 35.0 Å². The molecule has 0 amide bonds. The van der Waals surface area contributed by atoms with Crippen molar-refractivity contribution in [3.63, 3.8) is 0 Å². The Bertz CT molecular complexity index is 855. The first-order chi connectivity index (χ1) is 12.1. The van der Waals surface area contributed by atoms with Crippen LogP contribution in [0.15, 0.2) is 60.9 Å². The molecule has 0 aliphatic heterocycles. The van der Waals surface area contributed by atoms with E-state index < -0.39 is 0 Å². The van der Waals surface area contributed by atoms with E-state index in [1.807, 2.05) is 30.5 Å². The molecule has 3 rings (SSSR count). The van der Waals surface area contributed by atoms with Gasteiger partial charge in [-0.25, -0.2) is 0 Å². The number of thiophene rings is 1. The van der Waals surface area contributed by atoms with Crippen molar-refractivity contribution in [1.82, 2.24) is 9.88 Å². The summed E-state index contributed by atoms with van der Waals surface area (Å²) in [5.74, 6) is 0. The highest BCUT2D eigenvalue weighted by Crippen LogP contribution is 2.26. The largest absolute Gasteiger partial charge is 0.324 e. The monoisotopic (exact) mass is 389 g/mol. The highest BCUT2D eigenvalue weighted by molar-refractivity contribution is 7.15. The van der Waals surface area contributed by atoms with Gasteiger partial charge in [-0.15, -0.1) is 12.4 Å². The Morgan fingerprint density at radius 1 is 1.08 bits per heavy atom. The van der Waals surface area contributed by atoms with Gasteiger partial charge in [-0.05, 0) is 35.7 Å². The molecule has 26 heavy (non-hydrogen) atoms. The summed E-state index contributed by atoms with van der Waals surface area (Å²) >= 11 is 1.24. The van der Waals surface area contributed by atoms with Crippen LogP contribution in [0.5, 0.6) is 0 Å². The van der Waals surface area contributed by atoms with Gasteiger partial charge in [0.1, 0.15) is 0 Å². The van der Waals surface area contributed by atoms with Gasteiger partial charge in [0.05, 0.1) is 4.92 Å². The smallest absolute Gasteiger partial charge is 0.290 e. The maximum atomic E-state index is 10.9.